The van der Waals surface area contributed by atoms with Crippen molar-refractivity contribution in [3.8, 4) is 0 Å². The molecule has 0 aromatic heterocycles. The van der Waals surface area contributed by atoms with Gasteiger partial charge >= 0.3 is 0 Å². The van der Waals surface area contributed by atoms with Crippen molar-refractivity contribution in [1.82, 2.24) is 0 Å². The Labute approximate surface area is 137 Å². The Kier molecular flexibility index (Phi) is 184. The van der Waals surface area contributed by atoms with E-state index in [4.69, 9.17) is 4.74 Å². The van der Waals surface area contributed by atoms with E-state index in [0.29, 0.717) is 0 Å². The minimum Gasteiger partial charge on any atom is -0.381 e. The first-order valence-corrected chi connectivity index (χ1v) is 4.70. The predicted octanol–water partition coefficient (Wildman–Crippen LogP) is 8.82. The minimum atomic E-state index is 0. The zero-order chi connectivity index (χ0) is 8.69. The van der Waals surface area contributed by atoms with Gasteiger partial charge in [-0.05, 0) is 24.7 Å². The second-order valence-electron chi connectivity index (χ2n) is 3.98. The van der Waals surface area contributed by atoms with Crippen LogP contribution in [-0.2, 0) is 4.74 Å². The molecule has 0 rings (SSSR count). The molecule has 1 nitrogen and oxygen atoms in total. The Morgan fingerprint density at radius 3 is 0.850 bits per heavy atom. The van der Waals surface area contributed by atoms with Gasteiger partial charge in [0.1, 0.15) is 0 Å². The lowest BCUT2D eigenvalue weighted by atomic mass is 10.1. The maximum atomic E-state index is 5.46. The summed E-state index contributed by atoms with van der Waals surface area (Å²) in [6.07, 6.45) is 2.39. The molecule has 0 aromatic rings. The zero-order valence-electron chi connectivity index (χ0n) is 8.39. The van der Waals surface area contributed by atoms with Crippen LogP contribution in [0.25, 0.3) is 0 Å². The fourth-order valence-corrected chi connectivity index (χ4v) is 0.740. The molecule has 1 heteroatoms. The van der Waals surface area contributed by atoms with Gasteiger partial charge in [-0.25, -0.2) is 0 Å². The van der Waals surface area contributed by atoms with E-state index in [1.165, 1.54) is 12.8 Å². The number of rotatable bonds is 6. The van der Waals surface area contributed by atoms with Crippen molar-refractivity contribution in [1.29, 1.82) is 0 Å². The Morgan fingerprint density at radius 2 is 0.700 bits per heavy atom. The topological polar surface area (TPSA) is 9.23 Å². The second kappa shape index (κ2) is 50.9. The molecule has 0 heterocycles. The number of hydrogen-bond acceptors (Lipinski definition) is 1. The summed E-state index contributed by atoms with van der Waals surface area (Å²) in [6.45, 7) is 10.8. The van der Waals surface area contributed by atoms with Gasteiger partial charge in [0.2, 0.25) is 0 Å². The van der Waals surface area contributed by atoms with Crippen molar-refractivity contribution < 1.29 is 4.74 Å². The van der Waals surface area contributed by atoms with Crippen LogP contribution in [0.15, 0.2) is 0 Å². The van der Waals surface area contributed by atoms with Crippen molar-refractivity contribution in [3.63, 3.8) is 0 Å². The van der Waals surface area contributed by atoms with E-state index >= 15 is 0 Å². The highest BCUT2D eigenvalue weighted by Gasteiger charge is 1.95. The SMILES string of the molecule is C.C.C.C.C.C.C.C.C.CC(C)CCOCCC(C)C. The summed E-state index contributed by atoms with van der Waals surface area (Å²) < 4.78 is 5.46. The van der Waals surface area contributed by atoms with Gasteiger partial charge in [-0.15, -0.1) is 0 Å². The largest absolute Gasteiger partial charge is 0.381 e. The summed E-state index contributed by atoms with van der Waals surface area (Å²) in [4.78, 5) is 0. The summed E-state index contributed by atoms with van der Waals surface area (Å²) in [5, 5.41) is 0. The molecule has 0 fully saturated rings. The lowest BCUT2D eigenvalue weighted by Crippen LogP contribution is -2.02. The third-order valence-electron chi connectivity index (χ3n) is 1.68. The molecular formula is C19H58O. The third-order valence-corrected chi connectivity index (χ3v) is 1.68. The highest BCUT2D eigenvalue weighted by molar-refractivity contribution is 4.45. The lowest BCUT2D eigenvalue weighted by Gasteiger charge is -2.07. The van der Waals surface area contributed by atoms with Crippen LogP contribution >= 0.6 is 0 Å². The van der Waals surface area contributed by atoms with E-state index in [1.807, 2.05) is 0 Å². The van der Waals surface area contributed by atoms with Gasteiger partial charge in [-0.3, -0.25) is 0 Å². The molecule has 0 N–H and O–H groups in total. The summed E-state index contributed by atoms with van der Waals surface area (Å²) in [5.74, 6) is 1.54. The van der Waals surface area contributed by atoms with Crippen LogP contribution in [-0.4, -0.2) is 13.2 Å². The van der Waals surface area contributed by atoms with Gasteiger partial charge in [0.15, 0.2) is 0 Å². The van der Waals surface area contributed by atoms with Gasteiger partial charge in [0.05, 0.1) is 0 Å². The summed E-state index contributed by atoms with van der Waals surface area (Å²) in [6, 6.07) is 0. The van der Waals surface area contributed by atoms with Gasteiger partial charge in [0, 0.05) is 13.2 Å². The van der Waals surface area contributed by atoms with E-state index in [0.717, 1.165) is 25.0 Å². The van der Waals surface area contributed by atoms with Gasteiger partial charge < -0.3 is 4.74 Å². The van der Waals surface area contributed by atoms with E-state index < -0.39 is 0 Å². The van der Waals surface area contributed by atoms with Crippen molar-refractivity contribution in [2.45, 2.75) is 107 Å². The van der Waals surface area contributed by atoms with E-state index in [-0.39, 0.29) is 66.8 Å². The summed E-state index contributed by atoms with van der Waals surface area (Å²) >= 11 is 0. The molecule has 0 aliphatic carbocycles. The smallest absolute Gasteiger partial charge is 0.0468 e. The van der Waals surface area contributed by atoms with Gasteiger partial charge in [-0.2, -0.15) is 0 Å². The normalized spacial score (nSPS) is 6.30. The second-order valence-corrected chi connectivity index (χ2v) is 3.98. The quantitative estimate of drug-likeness (QED) is 0.445. The monoisotopic (exact) mass is 302 g/mol. The van der Waals surface area contributed by atoms with Crippen LogP contribution < -0.4 is 0 Å². The molecule has 0 unspecified atom stereocenters. The fraction of sp³-hybridized carbons (Fsp3) is 1.00. The molecule has 0 aliphatic heterocycles. The van der Waals surface area contributed by atoms with Crippen LogP contribution in [0.5, 0.6) is 0 Å². The Morgan fingerprint density at radius 1 is 0.500 bits per heavy atom. The Bertz CT molecular complexity index is 67.8. The molecule has 0 radical (unpaired) electrons. The highest BCUT2D eigenvalue weighted by atomic mass is 16.5. The molecule has 0 saturated heterocycles. The van der Waals surface area contributed by atoms with Crippen molar-refractivity contribution in [2.24, 2.45) is 11.8 Å². The van der Waals surface area contributed by atoms with E-state index in [2.05, 4.69) is 27.7 Å². The molecular weight excluding hydrogens is 244 g/mol. The first-order chi connectivity index (χ1) is 5.13. The first kappa shape index (κ1) is 72.3. The molecule has 0 saturated carbocycles. The van der Waals surface area contributed by atoms with Crippen LogP contribution in [0, 0.1) is 11.8 Å². The summed E-state index contributed by atoms with van der Waals surface area (Å²) in [5.41, 5.74) is 0. The minimum absolute atomic E-state index is 0. The Balaban J connectivity index is -0.0000000139. The number of ether oxygens (including phenoxy) is 1. The van der Waals surface area contributed by atoms with E-state index in [9.17, 15) is 0 Å². The average Bonchev–Trinajstić information content (AvgIpc) is 1.85. The average molecular weight is 303 g/mol. The molecule has 0 aromatic carbocycles. The molecule has 20 heavy (non-hydrogen) atoms. The van der Waals surface area contributed by atoms with Crippen molar-refractivity contribution in [2.75, 3.05) is 13.2 Å². The maximum absolute atomic E-state index is 5.46. The summed E-state index contributed by atoms with van der Waals surface area (Å²) in [7, 11) is 0. The lowest BCUT2D eigenvalue weighted by molar-refractivity contribution is 0.114. The maximum Gasteiger partial charge on any atom is 0.0468 e. The Hall–Kier alpha value is -0.0400. The number of hydrogen-bond donors (Lipinski definition) is 0. The van der Waals surface area contributed by atoms with Crippen LogP contribution in [0.4, 0.5) is 0 Å². The molecule has 140 valence electrons. The van der Waals surface area contributed by atoms with Crippen LogP contribution in [0.2, 0.25) is 0 Å². The van der Waals surface area contributed by atoms with Crippen LogP contribution in [0.3, 0.4) is 0 Å². The molecule has 0 atom stereocenters. The predicted molar refractivity (Wildman–Crippen MR) is 110 cm³/mol. The van der Waals surface area contributed by atoms with Gasteiger partial charge in [-0.1, -0.05) is 94.5 Å². The third kappa shape index (κ3) is 81.5. The van der Waals surface area contributed by atoms with Crippen molar-refractivity contribution >= 4 is 0 Å². The van der Waals surface area contributed by atoms with Gasteiger partial charge in [0.25, 0.3) is 0 Å². The zero-order valence-corrected chi connectivity index (χ0v) is 8.39. The molecule has 0 spiro atoms. The first-order valence-electron chi connectivity index (χ1n) is 4.70. The standard InChI is InChI=1S/C10H22O.9CH4/c1-9(2)5-7-11-8-6-10(3)4;;;;;;;;;/h9-10H,5-8H2,1-4H3;9*1H4. The van der Waals surface area contributed by atoms with E-state index in [1.54, 1.807) is 0 Å². The fourth-order valence-electron chi connectivity index (χ4n) is 0.740. The van der Waals surface area contributed by atoms with Crippen molar-refractivity contribution in [3.05, 3.63) is 0 Å². The highest BCUT2D eigenvalue weighted by Crippen LogP contribution is 2.02. The molecule has 0 amide bonds. The van der Waals surface area contributed by atoms with Crippen LogP contribution in [0.1, 0.15) is 107 Å². The molecule has 0 aliphatic rings. The molecule has 0 bridgehead atoms.